The van der Waals surface area contributed by atoms with Crippen LogP contribution in [0.2, 0.25) is 0 Å². The molecule has 6 heteroatoms. The molecule has 1 aromatic heterocycles. The number of nitrogens with one attached hydrogen (secondary N) is 1. The molecule has 0 bridgehead atoms. The van der Waals surface area contributed by atoms with Gasteiger partial charge in [-0.15, -0.1) is 0 Å². The van der Waals surface area contributed by atoms with Crippen LogP contribution in [0.1, 0.15) is 25.7 Å². The lowest BCUT2D eigenvalue weighted by Crippen LogP contribution is -2.41. The highest BCUT2D eigenvalue weighted by atomic mass is 79.9. The number of rotatable bonds is 4. The van der Waals surface area contributed by atoms with E-state index >= 15 is 0 Å². The molecule has 0 spiro atoms. The van der Waals surface area contributed by atoms with Crippen LogP contribution in [0.5, 0.6) is 0 Å². The number of anilines is 2. The standard InChI is InChI=1S/C12H19BrN4O/c1-14-11-10(13)12(16-8-15-11)17-6-3-2-4-9(17)5-7-18/h8-9,18H,2-7H2,1H3,(H,14,15,16). The normalized spacial score (nSPS) is 19.9. The minimum Gasteiger partial charge on any atom is -0.396 e. The number of hydrogen-bond acceptors (Lipinski definition) is 5. The van der Waals surface area contributed by atoms with Gasteiger partial charge in [-0.3, -0.25) is 0 Å². The van der Waals surface area contributed by atoms with E-state index in [2.05, 4.69) is 36.1 Å². The van der Waals surface area contributed by atoms with E-state index in [1.165, 1.54) is 12.8 Å². The fourth-order valence-electron chi connectivity index (χ4n) is 2.46. The molecule has 0 aliphatic carbocycles. The summed E-state index contributed by atoms with van der Waals surface area (Å²) in [7, 11) is 1.85. The summed E-state index contributed by atoms with van der Waals surface area (Å²) in [6.45, 7) is 1.21. The van der Waals surface area contributed by atoms with Crippen molar-refractivity contribution in [2.24, 2.45) is 0 Å². The van der Waals surface area contributed by atoms with Gasteiger partial charge in [0.2, 0.25) is 0 Å². The molecular weight excluding hydrogens is 296 g/mol. The van der Waals surface area contributed by atoms with E-state index in [4.69, 9.17) is 5.11 Å². The molecule has 2 heterocycles. The van der Waals surface area contributed by atoms with Gasteiger partial charge in [0.15, 0.2) is 0 Å². The molecule has 1 atom stereocenters. The highest BCUT2D eigenvalue weighted by molar-refractivity contribution is 9.10. The molecule has 1 saturated heterocycles. The van der Waals surface area contributed by atoms with Crippen molar-refractivity contribution in [3.8, 4) is 0 Å². The van der Waals surface area contributed by atoms with E-state index in [0.717, 1.165) is 35.5 Å². The summed E-state index contributed by atoms with van der Waals surface area (Å²) in [6.07, 6.45) is 5.89. The summed E-state index contributed by atoms with van der Waals surface area (Å²) in [6, 6.07) is 0.375. The molecule has 1 unspecified atom stereocenters. The molecule has 0 saturated carbocycles. The van der Waals surface area contributed by atoms with Gasteiger partial charge >= 0.3 is 0 Å². The maximum Gasteiger partial charge on any atom is 0.148 e. The summed E-state index contributed by atoms with van der Waals surface area (Å²) >= 11 is 3.56. The number of hydrogen-bond donors (Lipinski definition) is 2. The van der Waals surface area contributed by atoms with E-state index in [-0.39, 0.29) is 6.61 Å². The summed E-state index contributed by atoms with van der Waals surface area (Å²) in [5.41, 5.74) is 0. The van der Waals surface area contributed by atoms with Gasteiger partial charge in [0.1, 0.15) is 22.4 Å². The molecule has 1 aliphatic heterocycles. The van der Waals surface area contributed by atoms with Gasteiger partial charge in [0.05, 0.1) is 0 Å². The Hall–Kier alpha value is -0.880. The lowest BCUT2D eigenvalue weighted by Gasteiger charge is -2.37. The van der Waals surface area contributed by atoms with Crippen molar-refractivity contribution in [1.82, 2.24) is 9.97 Å². The zero-order chi connectivity index (χ0) is 13.0. The number of aromatic nitrogens is 2. The Morgan fingerprint density at radius 1 is 1.50 bits per heavy atom. The average Bonchev–Trinajstić information content (AvgIpc) is 2.40. The van der Waals surface area contributed by atoms with Crippen LogP contribution in [0, 0.1) is 0 Å². The predicted molar refractivity (Wildman–Crippen MR) is 76.0 cm³/mol. The summed E-state index contributed by atoms with van der Waals surface area (Å²) in [5.74, 6) is 1.72. The molecule has 1 aliphatic rings. The van der Waals surface area contributed by atoms with Gasteiger partial charge in [-0.05, 0) is 41.6 Å². The Morgan fingerprint density at radius 2 is 2.33 bits per heavy atom. The van der Waals surface area contributed by atoms with Crippen molar-refractivity contribution in [3.05, 3.63) is 10.8 Å². The molecule has 5 nitrogen and oxygen atoms in total. The maximum absolute atomic E-state index is 9.17. The van der Waals surface area contributed by atoms with Crippen LogP contribution in [0.15, 0.2) is 10.8 Å². The zero-order valence-corrected chi connectivity index (χ0v) is 12.2. The van der Waals surface area contributed by atoms with E-state index in [0.29, 0.717) is 6.04 Å². The fourth-order valence-corrected chi connectivity index (χ4v) is 3.09. The Kier molecular flexibility index (Phi) is 4.77. The van der Waals surface area contributed by atoms with E-state index in [9.17, 15) is 0 Å². The Balaban J connectivity index is 2.27. The van der Waals surface area contributed by atoms with Gasteiger partial charge in [-0.25, -0.2) is 9.97 Å². The van der Waals surface area contributed by atoms with Crippen molar-refractivity contribution >= 4 is 27.6 Å². The highest BCUT2D eigenvalue weighted by Crippen LogP contribution is 2.33. The van der Waals surface area contributed by atoms with E-state index in [1.807, 2.05) is 7.05 Å². The number of nitrogens with zero attached hydrogens (tertiary/aromatic N) is 3. The lowest BCUT2D eigenvalue weighted by atomic mass is 10.00. The summed E-state index contributed by atoms with van der Waals surface area (Å²) in [4.78, 5) is 10.9. The fraction of sp³-hybridized carbons (Fsp3) is 0.667. The van der Waals surface area contributed by atoms with Crippen molar-refractivity contribution in [2.45, 2.75) is 31.7 Å². The van der Waals surface area contributed by atoms with Gasteiger partial charge in [0.25, 0.3) is 0 Å². The highest BCUT2D eigenvalue weighted by Gasteiger charge is 2.25. The van der Waals surface area contributed by atoms with Crippen molar-refractivity contribution in [3.63, 3.8) is 0 Å². The topological polar surface area (TPSA) is 61.3 Å². The van der Waals surface area contributed by atoms with Gasteiger partial charge in [-0.1, -0.05) is 0 Å². The number of piperidine rings is 1. The van der Waals surface area contributed by atoms with E-state index < -0.39 is 0 Å². The number of aliphatic hydroxyl groups excluding tert-OH is 1. The lowest BCUT2D eigenvalue weighted by molar-refractivity contribution is 0.262. The van der Waals surface area contributed by atoms with Crippen LogP contribution in [-0.2, 0) is 0 Å². The SMILES string of the molecule is CNc1ncnc(N2CCCCC2CCO)c1Br. The third-order valence-electron chi connectivity index (χ3n) is 3.37. The molecular formula is C12H19BrN4O. The van der Waals surface area contributed by atoms with Crippen LogP contribution in [0.3, 0.4) is 0 Å². The predicted octanol–water partition coefficient (Wildman–Crippen LogP) is 2.02. The molecule has 0 amide bonds. The Bertz CT molecular complexity index is 400. The third kappa shape index (κ3) is 2.75. The first-order chi connectivity index (χ1) is 8.77. The van der Waals surface area contributed by atoms with Crippen LogP contribution in [0.4, 0.5) is 11.6 Å². The monoisotopic (exact) mass is 314 g/mol. The quantitative estimate of drug-likeness (QED) is 0.890. The minimum atomic E-state index is 0.225. The molecule has 100 valence electrons. The Morgan fingerprint density at radius 3 is 3.06 bits per heavy atom. The van der Waals surface area contributed by atoms with Crippen molar-refractivity contribution in [2.75, 3.05) is 30.4 Å². The van der Waals surface area contributed by atoms with Crippen LogP contribution in [0.25, 0.3) is 0 Å². The zero-order valence-electron chi connectivity index (χ0n) is 10.6. The first-order valence-electron chi connectivity index (χ1n) is 6.33. The molecule has 2 rings (SSSR count). The molecule has 0 aromatic carbocycles. The summed E-state index contributed by atoms with van der Waals surface area (Å²) < 4.78 is 0.900. The van der Waals surface area contributed by atoms with Crippen LogP contribution >= 0.6 is 15.9 Å². The molecule has 0 radical (unpaired) electrons. The smallest absolute Gasteiger partial charge is 0.148 e. The molecule has 2 N–H and O–H groups in total. The van der Waals surface area contributed by atoms with Crippen molar-refractivity contribution < 1.29 is 5.11 Å². The second kappa shape index (κ2) is 6.33. The second-order valence-electron chi connectivity index (χ2n) is 4.47. The largest absolute Gasteiger partial charge is 0.396 e. The molecule has 1 fully saturated rings. The van der Waals surface area contributed by atoms with Crippen LogP contribution in [-0.4, -0.2) is 41.3 Å². The van der Waals surface area contributed by atoms with Crippen LogP contribution < -0.4 is 10.2 Å². The summed E-state index contributed by atoms with van der Waals surface area (Å²) in [5, 5.41) is 12.2. The first kappa shape index (κ1) is 13.5. The van der Waals surface area contributed by atoms with Gasteiger partial charge in [-0.2, -0.15) is 0 Å². The molecule has 18 heavy (non-hydrogen) atoms. The Labute approximate surface area is 116 Å². The second-order valence-corrected chi connectivity index (χ2v) is 5.26. The van der Waals surface area contributed by atoms with E-state index in [1.54, 1.807) is 6.33 Å². The maximum atomic E-state index is 9.17. The first-order valence-corrected chi connectivity index (χ1v) is 7.13. The van der Waals surface area contributed by atoms with Gasteiger partial charge < -0.3 is 15.3 Å². The number of aliphatic hydroxyl groups is 1. The minimum absolute atomic E-state index is 0.225. The van der Waals surface area contributed by atoms with Crippen molar-refractivity contribution in [1.29, 1.82) is 0 Å². The molecule has 1 aromatic rings. The van der Waals surface area contributed by atoms with Gasteiger partial charge in [0, 0.05) is 26.2 Å². The number of halogens is 1. The average molecular weight is 315 g/mol. The third-order valence-corrected chi connectivity index (χ3v) is 4.10.